The third kappa shape index (κ3) is 2.41. The van der Waals surface area contributed by atoms with E-state index in [9.17, 15) is 0 Å². The highest BCUT2D eigenvalue weighted by atomic mass is 16.5. The Hall–Kier alpha value is -5.23. The van der Waals surface area contributed by atoms with Crippen molar-refractivity contribution in [3.8, 4) is 28.7 Å². The van der Waals surface area contributed by atoms with E-state index in [1.807, 2.05) is 48.5 Å². The first-order chi connectivity index (χ1) is 18.3. The van der Waals surface area contributed by atoms with Crippen molar-refractivity contribution >= 4 is 49.4 Å². The molecule has 0 aliphatic carbocycles. The zero-order valence-electron chi connectivity index (χ0n) is 19.5. The van der Waals surface area contributed by atoms with Crippen molar-refractivity contribution in [3.63, 3.8) is 0 Å². The molecule has 1 aliphatic rings. The molecule has 0 fully saturated rings. The molecule has 172 valence electrons. The second kappa shape index (κ2) is 6.71. The molecule has 37 heavy (non-hydrogen) atoms. The zero-order chi connectivity index (χ0) is 24.1. The molecule has 0 unspecified atom stereocenters. The van der Waals surface area contributed by atoms with Crippen LogP contribution in [0.15, 0.2) is 103 Å². The number of aromatic nitrogens is 5. The van der Waals surface area contributed by atoms with Gasteiger partial charge in [-0.15, -0.1) is 0 Å². The predicted octanol–water partition coefficient (Wildman–Crippen LogP) is 7.30. The Balaban J connectivity index is 1.48. The average molecular weight is 476 g/mol. The zero-order valence-corrected chi connectivity index (χ0v) is 19.5. The maximum Gasteiger partial charge on any atom is 0.235 e. The van der Waals surface area contributed by atoms with Crippen LogP contribution in [0.1, 0.15) is 0 Å². The summed E-state index contributed by atoms with van der Waals surface area (Å²) in [6.45, 7) is 0. The lowest BCUT2D eigenvalue weighted by molar-refractivity contribution is 0.486. The third-order valence-electron chi connectivity index (χ3n) is 7.35. The van der Waals surface area contributed by atoms with Gasteiger partial charge in [0.2, 0.25) is 5.95 Å². The second-order valence-corrected chi connectivity index (χ2v) is 9.35. The lowest BCUT2D eigenvalue weighted by atomic mass is 10.0. The van der Waals surface area contributed by atoms with Crippen LogP contribution in [-0.2, 0) is 0 Å². The maximum atomic E-state index is 6.21. The smallest absolute Gasteiger partial charge is 0.235 e. The summed E-state index contributed by atoms with van der Waals surface area (Å²) in [7, 11) is 0. The van der Waals surface area contributed by atoms with Crippen LogP contribution in [0.5, 0.6) is 11.5 Å². The van der Waals surface area contributed by atoms with E-state index in [1.165, 1.54) is 0 Å². The summed E-state index contributed by atoms with van der Waals surface area (Å²) in [4.78, 5) is 15.4. The Morgan fingerprint density at radius 2 is 1.38 bits per heavy atom. The molecule has 8 aromatic rings. The molecule has 0 bridgehead atoms. The van der Waals surface area contributed by atoms with Crippen LogP contribution in [0.2, 0.25) is 0 Å². The summed E-state index contributed by atoms with van der Waals surface area (Å²) >= 11 is 0. The fourth-order valence-corrected chi connectivity index (χ4v) is 5.76. The number of hydrogen-bond donors (Lipinski definition) is 0. The lowest BCUT2D eigenvalue weighted by Gasteiger charge is -2.20. The van der Waals surface area contributed by atoms with Gasteiger partial charge in [0, 0.05) is 22.5 Å². The average Bonchev–Trinajstić information content (AvgIpc) is 3.49. The van der Waals surface area contributed by atoms with E-state index in [0.29, 0.717) is 5.95 Å². The Bertz CT molecular complexity index is 2240. The van der Waals surface area contributed by atoms with Crippen molar-refractivity contribution < 1.29 is 4.74 Å². The summed E-state index contributed by atoms with van der Waals surface area (Å²) in [5, 5.41) is 3.19. The summed E-state index contributed by atoms with van der Waals surface area (Å²) in [6, 6.07) is 32.8. The van der Waals surface area contributed by atoms with Crippen molar-refractivity contribution in [2.24, 2.45) is 0 Å². The standard InChI is InChI=1S/C31H17N5O/c1-4-12-23-18(8-1)19-16-17-35-24-13-5-3-10-21(24)32-30(35)29(19)36(23)31-33-22-11-7-15-26-27(22)28(34-31)20-9-2-6-14-25(20)37-26/h1-17H. The van der Waals surface area contributed by atoms with Gasteiger partial charge >= 0.3 is 0 Å². The lowest BCUT2D eigenvalue weighted by Crippen LogP contribution is -2.07. The highest BCUT2D eigenvalue weighted by molar-refractivity contribution is 6.14. The van der Waals surface area contributed by atoms with E-state index in [2.05, 4.69) is 63.7 Å². The summed E-state index contributed by atoms with van der Waals surface area (Å²) in [5.74, 6) is 2.20. The molecule has 0 saturated heterocycles. The van der Waals surface area contributed by atoms with Gasteiger partial charge in [0.05, 0.1) is 33.1 Å². The van der Waals surface area contributed by atoms with Crippen molar-refractivity contribution in [2.45, 2.75) is 0 Å². The molecule has 0 radical (unpaired) electrons. The number of para-hydroxylation sites is 4. The Morgan fingerprint density at radius 3 is 2.35 bits per heavy atom. The quantitative estimate of drug-likeness (QED) is 0.250. The first-order valence-corrected chi connectivity index (χ1v) is 12.2. The molecule has 9 rings (SSSR count). The molecule has 0 spiro atoms. The number of imidazole rings is 1. The summed E-state index contributed by atoms with van der Waals surface area (Å²) in [6.07, 6.45) is 2.11. The van der Waals surface area contributed by atoms with Crippen LogP contribution in [0.4, 0.5) is 0 Å². The van der Waals surface area contributed by atoms with E-state index in [0.717, 1.165) is 72.1 Å². The fourth-order valence-electron chi connectivity index (χ4n) is 5.76. The highest BCUT2D eigenvalue weighted by Crippen LogP contribution is 2.45. The minimum absolute atomic E-state index is 0.614. The monoisotopic (exact) mass is 475 g/mol. The molecular formula is C31H17N5O. The number of nitrogens with zero attached hydrogens (tertiary/aromatic N) is 5. The number of ether oxygens (including phenoxy) is 1. The van der Waals surface area contributed by atoms with Crippen LogP contribution >= 0.6 is 0 Å². The van der Waals surface area contributed by atoms with Gasteiger partial charge in [-0.05, 0) is 48.5 Å². The van der Waals surface area contributed by atoms with Gasteiger partial charge in [0.1, 0.15) is 17.0 Å². The molecule has 0 atom stereocenters. The van der Waals surface area contributed by atoms with E-state index in [1.54, 1.807) is 0 Å². The predicted molar refractivity (Wildman–Crippen MR) is 146 cm³/mol. The van der Waals surface area contributed by atoms with Crippen molar-refractivity contribution in [3.05, 3.63) is 103 Å². The summed E-state index contributed by atoms with van der Waals surface area (Å²) in [5.41, 5.74) is 7.63. The minimum atomic E-state index is 0.614. The summed E-state index contributed by atoms with van der Waals surface area (Å²) < 4.78 is 10.5. The van der Waals surface area contributed by atoms with E-state index < -0.39 is 0 Å². The Kier molecular flexibility index (Phi) is 3.45. The van der Waals surface area contributed by atoms with E-state index >= 15 is 0 Å². The van der Waals surface area contributed by atoms with Crippen molar-refractivity contribution in [2.75, 3.05) is 0 Å². The molecule has 4 aromatic carbocycles. The van der Waals surface area contributed by atoms with Crippen LogP contribution in [-0.4, -0.2) is 23.9 Å². The van der Waals surface area contributed by atoms with Gasteiger partial charge < -0.3 is 4.74 Å². The molecule has 0 amide bonds. The molecule has 4 aromatic heterocycles. The molecule has 0 saturated carbocycles. The SMILES string of the molecule is c1ccc2c(c1)Oc1cccc3nc(-n4c5ccccc5c5ccn6c7ccccc7nc6c54)nc-2c13. The van der Waals surface area contributed by atoms with Crippen LogP contribution < -0.4 is 4.74 Å². The number of pyridine rings is 1. The highest BCUT2D eigenvalue weighted by Gasteiger charge is 2.25. The molecule has 1 aliphatic heterocycles. The molecule has 6 heteroatoms. The molecule has 5 heterocycles. The van der Waals surface area contributed by atoms with E-state index in [-0.39, 0.29) is 0 Å². The Labute approximate surface area is 210 Å². The fraction of sp³-hybridized carbons (Fsp3) is 0. The number of fused-ring (bicyclic) bond motifs is 9. The minimum Gasteiger partial charge on any atom is -0.456 e. The van der Waals surface area contributed by atoms with Crippen LogP contribution in [0, 0.1) is 0 Å². The third-order valence-corrected chi connectivity index (χ3v) is 7.35. The number of rotatable bonds is 1. The van der Waals surface area contributed by atoms with Gasteiger partial charge in [0.15, 0.2) is 5.65 Å². The van der Waals surface area contributed by atoms with Crippen LogP contribution in [0.3, 0.4) is 0 Å². The van der Waals surface area contributed by atoms with Crippen molar-refractivity contribution in [1.29, 1.82) is 0 Å². The van der Waals surface area contributed by atoms with Crippen molar-refractivity contribution in [1.82, 2.24) is 23.9 Å². The van der Waals surface area contributed by atoms with Crippen LogP contribution in [0.25, 0.3) is 66.6 Å². The molecule has 6 nitrogen and oxygen atoms in total. The molecule has 0 N–H and O–H groups in total. The number of benzene rings is 4. The Morgan fingerprint density at radius 1 is 0.595 bits per heavy atom. The molecular weight excluding hydrogens is 458 g/mol. The second-order valence-electron chi connectivity index (χ2n) is 9.35. The van der Waals surface area contributed by atoms with E-state index in [4.69, 9.17) is 19.7 Å². The van der Waals surface area contributed by atoms with Gasteiger partial charge in [-0.2, -0.15) is 0 Å². The number of hydrogen-bond acceptors (Lipinski definition) is 4. The topological polar surface area (TPSA) is 57.2 Å². The first kappa shape index (κ1) is 19.0. The normalized spacial score (nSPS) is 12.5. The van der Waals surface area contributed by atoms with Gasteiger partial charge in [-0.1, -0.05) is 48.5 Å². The first-order valence-electron chi connectivity index (χ1n) is 12.2. The largest absolute Gasteiger partial charge is 0.456 e. The van der Waals surface area contributed by atoms with Gasteiger partial charge in [-0.25, -0.2) is 15.0 Å². The van der Waals surface area contributed by atoms with Gasteiger partial charge in [-0.3, -0.25) is 8.97 Å². The maximum absolute atomic E-state index is 6.21. The van der Waals surface area contributed by atoms with Gasteiger partial charge in [0.25, 0.3) is 0 Å².